The smallest absolute Gasteiger partial charge is 0.209 e. The molecule has 0 amide bonds. The van der Waals surface area contributed by atoms with Crippen molar-refractivity contribution in [2.75, 3.05) is 65.6 Å². The minimum absolute atomic E-state index is 0.0629. The Morgan fingerprint density at radius 1 is 0.811 bits per heavy atom. The molecule has 0 radical (unpaired) electrons. The van der Waals surface area contributed by atoms with E-state index in [1.54, 1.807) is 0 Å². The van der Waals surface area contributed by atoms with Gasteiger partial charge in [0.1, 0.15) is 7.05 Å². The number of rotatable bonds is 15. The van der Waals surface area contributed by atoms with Crippen LogP contribution < -0.4 is 4.90 Å². The van der Waals surface area contributed by atoms with Crippen LogP contribution in [-0.4, -0.2) is 82.0 Å². The molecule has 53 heavy (non-hydrogen) atoms. The highest BCUT2D eigenvalue weighted by Crippen LogP contribution is 2.47. The second kappa shape index (κ2) is 17.2. The molecule has 3 aromatic carbocycles. The predicted molar refractivity (Wildman–Crippen MR) is 219 cm³/mol. The quantitative estimate of drug-likeness (QED) is 0.0885. The van der Waals surface area contributed by atoms with Crippen LogP contribution in [0.15, 0.2) is 119 Å². The lowest BCUT2D eigenvalue weighted by Crippen LogP contribution is -2.33. The van der Waals surface area contributed by atoms with Crippen molar-refractivity contribution >= 4 is 28.7 Å². The molecular formula is C46H57ClN3O3+. The first-order valence-electron chi connectivity index (χ1n) is 19.1. The van der Waals surface area contributed by atoms with Gasteiger partial charge in [-0.25, -0.2) is 0 Å². The zero-order valence-corrected chi connectivity index (χ0v) is 33.5. The highest BCUT2D eigenvalue weighted by atomic mass is 35.5. The Morgan fingerprint density at radius 2 is 1.45 bits per heavy atom. The maximum atomic E-state index is 7.34. The second-order valence-corrected chi connectivity index (χ2v) is 16.1. The van der Waals surface area contributed by atoms with Crippen LogP contribution in [0.1, 0.15) is 57.2 Å². The fourth-order valence-electron chi connectivity index (χ4n) is 8.09. The van der Waals surface area contributed by atoms with E-state index in [4.69, 9.17) is 25.8 Å². The maximum Gasteiger partial charge on any atom is 0.209 e. The summed E-state index contributed by atoms with van der Waals surface area (Å²) in [6, 6.07) is 28.0. The molecule has 0 saturated carbocycles. The fraction of sp³-hybridized carbons (Fsp3) is 0.435. The minimum atomic E-state index is -0.214. The third kappa shape index (κ3) is 8.65. The summed E-state index contributed by atoms with van der Waals surface area (Å²) in [4.78, 5) is 4.71. The molecule has 2 heterocycles. The molecule has 6 nitrogen and oxygen atoms in total. The number of anilines is 1. The summed E-state index contributed by atoms with van der Waals surface area (Å²) in [6.07, 6.45) is 8.65. The number of hydrogen-bond acceptors (Lipinski definition) is 5. The molecule has 1 aliphatic carbocycles. The molecule has 0 bridgehead atoms. The van der Waals surface area contributed by atoms with E-state index in [1.807, 2.05) is 18.2 Å². The third-order valence-electron chi connectivity index (χ3n) is 11.2. The lowest BCUT2D eigenvalue weighted by molar-refractivity contribution is -0.401. The standard InChI is InChI=1S/C46H57ClN3O3/c1-45(2)38-17-11-13-19-40(38)49(7)42(45)23-21-35-31-37(48(5)6)32-36(44(35)47)22-24-43-46(3,4)39-18-12-14-20-41(39)50(43)25-26-51-27-28-52-29-30-53-33-34-15-9-8-10-16-34/h8-23,36-37H,25-33H2,1-7H3/q+1/b23-21+. The molecule has 0 spiro atoms. The number of allylic oxidation sites excluding steroid dienone is 4. The van der Waals surface area contributed by atoms with Crippen molar-refractivity contribution < 1.29 is 18.8 Å². The summed E-state index contributed by atoms with van der Waals surface area (Å²) >= 11 is 7.34. The van der Waals surface area contributed by atoms with Crippen LogP contribution in [0.3, 0.4) is 0 Å². The molecular weight excluding hydrogens is 678 g/mol. The van der Waals surface area contributed by atoms with Gasteiger partial charge in [0.15, 0.2) is 5.71 Å². The highest BCUT2D eigenvalue weighted by molar-refractivity contribution is 6.30. The summed E-state index contributed by atoms with van der Waals surface area (Å²) < 4.78 is 19.9. The monoisotopic (exact) mass is 734 g/mol. The van der Waals surface area contributed by atoms with Crippen LogP contribution >= 0.6 is 11.6 Å². The van der Waals surface area contributed by atoms with Crippen LogP contribution in [0.4, 0.5) is 11.4 Å². The Kier molecular flexibility index (Phi) is 12.6. The zero-order chi connectivity index (χ0) is 37.6. The van der Waals surface area contributed by atoms with E-state index in [2.05, 4.69) is 148 Å². The van der Waals surface area contributed by atoms with Crippen LogP contribution in [-0.2, 0) is 31.6 Å². The number of hydrogen-bond donors (Lipinski definition) is 0. The summed E-state index contributed by atoms with van der Waals surface area (Å²) in [7, 11) is 6.52. The van der Waals surface area contributed by atoms with Gasteiger partial charge in [0.2, 0.25) is 5.69 Å². The first-order chi connectivity index (χ1) is 25.5. The number of benzene rings is 3. The third-order valence-corrected chi connectivity index (χ3v) is 11.7. The molecule has 0 fully saturated rings. The lowest BCUT2D eigenvalue weighted by Gasteiger charge is -2.33. The van der Waals surface area contributed by atoms with E-state index < -0.39 is 0 Å². The Labute approximate surface area is 322 Å². The molecule has 6 rings (SSSR count). The van der Waals surface area contributed by atoms with Crippen molar-refractivity contribution in [1.82, 2.24) is 4.90 Å². The van der Waals surface area contributed by atoms with Crippen LogP contribution in [0.5, 0.6) is 0 Å². The molecule has 7 heteroatoms. The normalized spacial score (nSPS) is 20.4. The highest BCUT2D eigenvalue weighted by Gasteiger charge is 2.43. The number of fused-ring (bicyclic) bond motifs is 2. The molecule has 0 aromatic heterocycles. The van der Waals surface area contributed by atoms with Crippen LogP contribution in [0.25, 0.3) is 0 Å². The molecule has 3 aromatic rings. The van der Waals surface area contributed by atoms with Gasteiger partial charge in [0.25, 0.3) is 0 Å². The van der Waals surface area contributed by atoms with E-state index in [9.17, 15) is 0 Å². The Bertz CT molecular complexity index is 1900. The SMILES string of the molecule is CN(C)C1CC(/C=C/C2=[N+](C)c3ccccc3C2(C)C)=C(Cl)C(C=C=C2N(CCOCCOCCOCc3ccccc3)c3ccccc3C2(C)C)C1. The van der Waals surface area contributed by atoms with Gasteiger partial charge in [-0.2, -0.15) is 4.58 Å². The Balaban J connectivity index is 1.14. The summed E-state index contributed by atoms with van der Waals surface area (Å²) in [5, 5.41) is 0.915. The molecule has 2 atom stereocenters. The van der Waals surface area contributed by atoms with Crippen LogP contribution in [0.2, 0.25) is 0 Å². The van der Waals surface area contributed by atoms with E-state index in [0.29, 0.717) is 45.7 Å². The molecule has 2 unspecified atom stereocenters. The minimum Gasteiger partial charge on any atom is -0.377 e. The van der Waals surface area contributed by atoms with E-state index in [1.165, 1.54) is 39.3 Å². The van der Waals surface area contributed by atoms with Gasteiger partial charge in [-0.05, 0) is 83.5 Å². The van der Waals surface area contributed by atoms with Crippen molar-refractivity contribution in [3.05, 3.63) is 136 Å². The summed E-state index contributed by atoms with van der Waals surface area (Å²) in [5.74, 6) is 0.0629. The van der Waals surface area contributed by atoms with Gasteiger partial charge in [-0.3, -0.25) is 0 Å². The van der Waals surface area contributed by atoms with Gasteiger partial charge in [-0.15, -0.1) is 5.73 Å². The molecule has 280 valence electrons. The van der Waals surface area contributed by atoms with Gasteiger partial charge in [0, 0.05) is 52.3 Å². The van der Waals surface area contributed by atoms with E-state index in [-0.39, 0.29) is 16.7 Å². The second-order valence-electron chi connectivity index (χ2n) is 15.7. The van der Waals surface area contributed by atoms with Crippen molar-refractivity contribution in [2.24, 2.45) is 5.92 Å². The topological polar surface area (TPSA) is 37.2 Å². The largest absolute Gasteiger partial charge is 0.377 e. The average Bonchev–Trinajstić information content (AvgIpc) is 3.49. The number of nitrogens with zero attached hydrogens (tertiary/aromatic N) is 3. The van der Waals surface area contributed by atoms with Gasteiger partial charge in [0.05, 0.1) is 50.8 Å². The zero-order valence-electron chi connectivity index (χ0n) is 32.7. The summed E-state index contributed by atoms with van der Waals surface area (Å²) in [5.41, 5.74) is 13.4. The Hall–Kier alpha value is -3.74. The Morgan fingerprint density at radius 3 is 2.17 bits per heavy atom. The van der Waals surface area contributed by atoms with E-state index >= 15 is 0 Å². The number of ether oxygens (including phenoxy) is 3. The average molecular weight is 735 g/mol. The van der Waals surface area contributed by atoms with Crippen molar-refractivity contribution in [1.29, 1.82) is 0 Å². The van der Waals surface area contributed by atoms with E-state index in [0.717, 1.165) is 30.1 Å². The predicted octanol–water partition coefficient (Wildman–Crippen LogP) is 9.17. The van der Waals surface area contributed by atoms with Gasteiger partial charge < -0.3 is 24.0 Å². The van der Waals surface area contributed by atoms with Gasteiger partial charge >= 0.3 is 0 Å². The molecule has 0 saturated heterocycles. The van der Waals surface area contributed by atoms with Crippen molar-refractivity contribution in [3.8, 4) is 0 Å². The summed E-state index contributed by atoms with van der Waals surface area (Å²) in [6.45, 7) is 13.3. The maximum absolute atomic E-state index is 7.34. The lowest BCUT2D eigenvalue weighted by atomic mass is 9.80. The first-order valence-corrected chi connectivity index (χ1v) is 19.4. The molecule has 2 aliphatic heterocycles. The van der Waals surface area contributed by atoms with Crippen LogP contribution in [0, 0.1) is 5.92 Å². The van der Waals surface area contributed by atoms with Crippen molar-refractivity contribution in [2.45, 2.75) is 64.0 Å². The van der Waals surface area contributed by atoms with Crippen molar-refractivity contribution in [3.63, 3.8) is 0 Å². The number of para-hydroxylation sites is 2. The first kappa shape index (κ1) is 39.0. The molecule has 0 N–H and O–H groups in total. The van der Waals surface area contributed by atoms with Gasteiger partial charge in [-0.1, -0.05) is 84.4 Å². The fourth-order valence-corrected chi connectivity index (χ4v) is 8.38. The number of halogens is 1. The molecule has 3 aliphatic rings.